The van der Waals surface area contributed by atoms with Gasteiger partial charge in [0.05, 0.1) is 18.1 Å². The van der Waals surface area contributed by atoms with Crippen molar-refractivity contribution in [2.24, 2.45) is 0 Å². The number of carbonyl (C=O) groups excluding carboxylic acids is 1. The van der Waals surface area contributed by atoms with Gasteiger partial charge in [0.1, 0.15) is 11.5 Å². The number of aromatic hydroxyl groups is 1. The van der Waals surface area contributed by atoms with Crippen LogP contribution in [0.25, 0.3) is 11.4 Å². The van der Waals surface area contributed by atoms with Crippen LogP contribution in [0.15, 0.2) is 60.9 Å². The zero-order valence-electron chi connectivity index (χ0n) is 14.3. The first-order chi connectivity index (χ1) is 12.7. The van der Waals surface area contributed by atoms with Gasteiger partial charge in [0.15, 0.2) is 12.4 Å². The molecule has 6 nitrogen and oxygen atoms in total. The highest BCUT2D eigenvalue weighted by Crippen LogP contribution is 2.20. The summed E-state index contributed by atoms with van der Waals surface area (Å²) < 4.78 is 5.59. The van der Waals surface area contributed by atoms with Gasteiger partial charge in [-0.2, -0.15) is 0 Å². The van der Waals surface area contributed by atoms with E-state index >= 15 is 0 Å². The molecule has 1 aromatic heterocycles. The predicted octanol–water partition coefficient (Wildman–Crippen LogP) is 3.43. The summed E-state index contributed by atoms with van der Waals surface area (Å²) in [5.74, 6) is 1.03. The molecular weight excluding hydrogens is 330 g/mol. The average molecular weight is 349 g/mol. The van der Waals surface area contributed by atoms with Gasteiger partial charge in [-0.05, 0) is 30.2 Å². The van der Waals surface area contributed by atoms with Crippen LogP contribution < -0.4 is 10.1 Å². The molecule has 0 aliphatic carbocycles. The fraction of sp³-hybridized carbons (Fsp3) is 0.150. The van der Waals surface area contributed by atoms with Crippen molar-refractivity contribution >= 4 is 11.6 Å². The summed E-state index contributed by atoms with van der Waals surface area (Å²) >= 11 is 0. The Labute approximate surface area is 151 Å². The predicted molar refractivity (Wildman–Crippen MR) is 99.1 cm³/mol. The lowest BCUT2D eigenvalue weighted by Crippen LogP contribution is -2.20. The van der Waals surface area contributed by atoms with Gasteiger partial charge in [-0.1, -0.05) is 37.3 Å². The second-order valence-electron chi connectivity index (χ2n) is 5.64. The first-order valence-electron chi connectivity index (χ1n) is 8.27. The Balaban J connectivity index is 1.59. The van der Waals surface area contributed by atoms with Crippen LogP contribution in [0.2, 0.25) is 0 Å². The van der Waals surface area contributed by atoms with Crippen LogP contribution in [0, 0.1) is 0 Å². The van der Waals surface area contributed by atoms with Crippen LogP contribution >= 0.6 is 0 Å². The zero-order chi connectivity index (χ0) is 18.4. The molecule has 26 heavy (non-hydrogen) atoms. The van der Waals surface area contributed by atoms with Crippen molar-refractivity contribution in [2.45, 2.75) is 13.3 Å². The third kappa shape index (κ3) is 4.36. The second-order valence-corrected chi connectivity index (χ2v) is 5.64. The van der Waals surface area contributed by atoms with E-state index in [1.165, 1.54) is 12.4 Å². The molecule has 0 spiro atoms. The summed E-state index contributed by atoms with van der Waals surface area (Å²) in [7, 11) is 0. The highest BCUT2D eigenvalue weighted by molar-refractivity contribution is 5.91. The Bertz CT molecular complexity index is 895. The molecule has 2 aromatic carbocycles. The van der Waals surface area contributed by atoms with Gasteiger partial charge in [-0.3, -0.25) is 4.79 Å². The molecule has 0 saturated heterocycles. The molecule has 0 bridgehead atoms. The number of anilines is 1. The molecule has 0 fully saturated rings. The smallest absolute Gasteiger partial charge is 0.262 e. The largest absolute Gasteiger partial charge is 0.508 e. The van der Waals surface area contributed by atoms with Crippen molar-refractivity contribution in [3.8, 4) is 22.9 Å². The van der Waals surface area contributed by atoms with E-state index in [-0.39, 0.29) is 18.3 Å². The lowest BCUT2D eigenvalue weighted by molar-refractivity contribution is -0.118. The third-order valence-electron chi connectivity index (χ3n) is 3.75. The van der Waals surface area contributed by atoms with Crippen LogP contribution in [-0.2, 0) is 11.2 Å². The number of rotatable bonds is 6. The Hall–Kier alpha value is -3.41. The fourth-order valence-corrected chi connectivity index (χ4v) is 2.46. The number of phenolic OH excluding ortho intramolecular Hbond substituents is 1. The lowest BCUT2D eigenvalue weighted by atomic mass is 10.1. The van der Waals surface area contributed by atoms with Gasteiger partial charge < -0.3 is 15.2 Å². The average Bonchev–Trinajstić information content (AvgIpc) is 2.67. The summed E-state index contributed by atoms with van der Waals surface area (Å²) in [6.07, 6.45) is 3.87. The number of aromatic nitrogens is 2. The third-order valence-corrected chi connectivity index (χ3v) is 3.75. The first kappa shape index (κ1) is 17.4. The first-order valence-corrected chi connectivity index (χ1v) is 8.27. The summed E-state index contributed by atoms with van der Waals surface area (Å²) in [5.41, 5.74) is 2.23. The fourth-order valence-electron chi connectivity index (χ4n) is 2.46. The summed E-state index contributed by atoms with van der Waals surface area (Å²) in [5, 5.41) is 12.2. The van der Waals surface area contributed by atoms with Gasteiger partial charge >= 0.3 is 0 Å². The van der Waals surface area contributed by atoms with E-state index in [1.54, 1.807) is 24.3 Å². The van der Waals surface area contributed by atoms with Gasteiger partial charge in [-0.15, -0.1) is 0 Å². The number of para-hydroxylation sites is 1. The second kappa shape index (κ2) is 8.11. The summed E-state index contributed by atoms with van der Waals surface area (Å²) in [4.78, 5) is 20.5. The van der Waals surface area contributed by atoms with Gasteiger partial charge in [0.25, 0.3) is 5.91 Å². The van der Waals surface area contributed by atoms with Crippen molar-refractivity contribution in [3.63, 3.8) is 0 Å². The molecule has 1 amide bonds. The van der Waals surface area contributed by atoms with E-state index in [9.17, 15) is 9.90 Å². The maximum absolute atomic E-state index is 12.1. The van der Waals surface area contributed by atoms with E-state index in [0.717, 1.165) is 12.0 Å². The monoisotopic (exact) mass is 349 g/mol. The van der Waals surface area contributed by atoms with Crippen LogP contribution in [0.5, 0.6) is 11.5 Å². The normalized spacial score (nSPS) is 10.3. The Kier molecular flexibility index (Phi) is 5.43. The molecule has 1 heterocycles. The maximum atomic E-state index is 12.1. The summed E-state index contributed by atoms with van der Waals surface area (Å²) in [6.45, 7) is 1.94. The van der Waals surface area contributed by atoms with E-state index < -0.39 is 0 Å². The molecule has 3 aromatic rings. The molecule has 0 unspecified atom stereocenters. The highest BCUT2D eigenvalue weighted by atomic mass is 16.5. The number of aryl methyl sites for hydroxylation is 1. The molecule has 6 heteroatoms. The van der Waals surface area contributed by atoms with Gasteiger partial charge in [0.2, 0.25) is 0 Å². The van der Waals surface area contributed by atoms with E-state index in [4.69, 9.17) is 4.74 Å². The van der Waals surface area contributed by atoms with Crippen molar-refractivity contribution in [3.05, 3.63) is 66.5 Å². The number of benzene rings is 2. The number of nitrogens with one attached hydrogen (secondary N) is 1. The standard InChI is InChI=1S/C20H19N3O3/c1-2-14-6-3-4-9-18(14)26-13-19(25)23-16-11-21-20(22-12-16)15-7-5-8-17(24)10-15/h3-12,24H,2,13H2,1H3,(H,23,25). The highest BCUT2D eigenvalue weighted by Gasteiger charge is 2.08. The van der Waals surface area contributed by atoms with Crippen molar-refractivity contribution in [1.29, 1.82) is 0 Å². The van der Waals surface area contributed by atoms with Crippen LogP contribution in [0.3, 0.4) is 0 Å². The van der Waals surface area contributed by atoms with E-state index in [1.807, 2.05) is 31.2 Å². The Morgan fingerprint density at radius 2 is 1.88 bits per heavy atom. The molecule has 3 rings (SSSR count). The van der Waals surface area contributed by atoms with Crippen molar-refractivity contribution in [2.75, 3.05) is 11.9 Å². The quantitative estimate of drug-likeness (QED) is 0.712. The molecule has 0 aliphatic rings. The lowest BCUT2D eigenvalue weighted by Gasteiger charge is -2.10. The number of hydrogen-bond acceptors (Lipinski definition) is 5. The number of hydrogen-bond donors (Lipinski definition) is 2. The number of carbonyl (C=O) groups is 1. The molecule has 2 N–H and O–H groups in total. The number of phenols is 1. The minimum atomic E-state index is -0.287. The van der Waals surface area contributed by atoms with Gasteiger partial charge in [-0.25, -0.2) is 9.97 Å². The Morgan fingerprint density at radius 3 is 2.62 bits per heavy atom. The number of amides is 1. The molecule has 0 aliphatic heterocycles. The Morgan fingerprint density at radius 1 is 1.12 bits per heavy atom. The van der Waals surface area contributed by atoms with Gasteiger partial charge in [0, 0.05) is 5.56 Å². The summed E-state index contributed by atoms with van der Waals surface area (Å²) in [6, 6.07) is 14.3. The minimum Gasteiger partial charge on any atom is -0.508 e. The van der Waals surface area contributed by atoms with Crippen LogP contribution in [0.1, 0.15) is 12.5 Å². The van der Waals surface area contributed by atoms with Crippen LogP contribution in [0.4, 0.5) is 5.69 Å². The zero-order valence-corrected chi connectivity index (χ0v) is 14.3. The topological polar surface area (TPSA) is 84.3 Å². The molecule has 0 radical (unpaired) electrons. The van der Waals surface area contributed by atoms with Crippen LogP contribution in [-0.4, -0.2) is 27.6 Å². The number of ether oxygens (including phenoxy) is 1. The number of nitrogens with zero attached hydrogens (tertiary/aromatic N) is 2. The minimum absolute atomic E-state index is 0.0919. The molecule has 0 saturated carbocycles. The molecule has 0 atom stereocenters. The SMILES string of the molecule is CCc1ccccc1OCC(=O)Nc1cnc(-c2cccc(O)c2)nc1. The maximum Gasteiger partial charge on any atom is 0.262 e. The van der Waals surface area contributed by atoms with E-state index in [2.05, 4.69) is 15.3 Å². The van der Waals surface area contributed by atoms with Crippen molar-refractivity contribution in [1.82, 2.24) is 9.97 Å². The van der Waals surface area contributed by atoms with Crippen molar-refractivity contribution < 1.29 is 14.6 Å². The molecule has 132 valence electrons. The molecular formula is C20H19N3O3. The van der Waals surface area contributed by atoms with E-state index in [0.29, 0.717) is 22.8 Å².